The molecule has 2 fully saturated rings. The highest BCUT2D eigenvalue weighted by atomic mass is 16.8. The lowest BCUT2D eigenvalue weighted by molar-refractivity contribution is -0.198. The van der Waals surface area contributed by atoms with Gasteiger partial charge < -0.3 is 14.2 Å². The van der Waals surface area contributed by atoms with E-state index in [1.807, 2.05) is 57.2 Å². The molecule has 10 nitrogen and oxygen atoms in total. The Balaban J connectivity index is 1.35. The molecule has 4 rings (SSSR count). The first-order chi connectivity index (χ1) is 19.3. The van der Waals surface area contributed by atoms with Crippen molar-refractivity contribution in [1.82, 2.24) is 15.4 Å². The van der Waals surface area contributed by atoms with E-state index in [0.29, 0.717) is 31.1 Å². The van der Waals surface area contributed by atoms with Gasteiger partial charge in [-0.25, -0.2) is 15.1 Å². The number of anilines is 1. The van der Waals surface area contributed by atoms with Gasteiger partial charge in [-0.2, -0.15) is 0 Å². The van der Waals surface area contributed by atoms with Crippen LogP contribution in [0.4, 0.5) is 10.5 Å². The number of carbonyl (C=O) groups excluding carboxylic acids is 2. The van der Waals surface area contributed by atoms with Gasteiger partial charge >= 0.3 is 6.09 Å². The molecule has 1 aromatic heterocycles. The Morgan fingerprint density at radius 3 is 2.67 bits per heavy atom. The molecular formula is C30H40N4O6. The third-order valence-electron chi connectivity index (χ3n) is 6.51. The van der Waals surface area contributed by atoms with Crippen molar-refractivity contribution in [3.8, 4) is 5.75 Å². The van der Waals surface area contributed by atoms with Crippen LogP contribution in [0.25, 0.3) is 6.08 Å². The molecule has 1 N–H and O–H groups in total. The van der Waals surface area contributed by atoms with Gasteiger partial charge in [-0.1, -0.05) is 18.2 Å². The fourth-order valence-corrected chi connectivity index (χ4v) is 4.57. The number of ether oxygens (including phenoxy) is 3. The van der Waals surface area contributed by atoms with Gasteiger partial charge in [-0.3, -0.25) is 19.6 Å². The average molecular weight is 553 g/mol. The van der Waals surface area contributed by atoms with Gasteiger partial charge in [0.05, 0.1) is 23.6 Å². The Kier molecular flexibility index (Phi) is 10.5. The number of pyridine rings is 1. The molecule has 2 aliphatic heterocycles. The van der Waals surface area contributed by atoms with Crippen LogP contribution in [0.1, 0.15) is 52.1 Å². The SMILES string of the molecule is CC(C)(C)OC(=O)N(c1ccc(C=CC(=O)NOC2CCCCO2)nc1)[C@@H]1CCN(CCOc2ccccc2)C1. The van der Waals surface area contributed by atoms with E-state index in [1.54, 1.807) is 23.2 Å². The predicted octanol–water partition coefficient (Wildman–Crippen LogP) is 4.56. The molecule has 1 unspecified atom stereocenters. The van der Waals surface area contributed by atoms with E-state index in [4.69, 9.17) is 19.0 Å². The highest BCUT2D eigenvalue weighted by Crippen LogP contribution is 2.26. The number of amides is 2. The van der Waals surface area contributed by atoms with Gasteiger partial charge in [-0.05, 0) is 70.4 Å². The third kappa shape index (κ3) is 9.32. The molecule has 40 heavy (non-hydrogen) atoms. The molecule has 3 heterocycles. The summed E-state index contributed by atoms with van der Waals surface area (Å²) in [6.45, 7) is 9.06. The van der Waals surface area contributed by atoms with Gasteiger partial charge in [0.1, 0.15) is 18.0 Å². The summed E-state index contributed by atoms with van der Waals surface area (Å²) < 4.78 is 17.0. The molecule has 2 aromatic rings. The largest absolute Gasteiger partial charge is 0.492 e. The number of nitrogens with zero attached hydrogens (tertiary/aromatic N) is 3. The molecular weight excluding hydrogens is 512 g/mol. The van der Waals surface area contributed by atoms with Crippen LogP contribution in [0.2, 0.25) is 0 Å². The van der Waals surface area contributed by atoms with Crippen LogP contribution in [-0.4, -0.2) is 72.7 Å². The minimum Gasteiger partial charge on any atom is -0.492 e. The monoisotopic (exact) mass is 552 g/mol. The zero-order valence-corrected chi connectivity index (χ0v) is 23.6. The van der Waals surface area contributed by atoms with Crippen molar-refractivity contribution in [3.05, 3.63) is 60.4 Å². The van der Waals surface area contributed by atoms with Crippen molar-refractivity contribution < 1.29 is 28.6 Å². The number of likely N-dealkylation sites (tertiary alicyclic amines) is 1. The number of hydrogen-bond acceptors (Lipinski definition) is 8. The Bertz CT molecular complexity index is 1110. The van der Waals surface area contributed by atoms with Crippen LogP contribution < -0.4 is 15.1 Å². The number of hydroxylamine groups is 1. The van der Waals surface area contributed by atoms with Crippen LogP contribution in [-0.2, 0) is 19.1 Å². The van der Waals surface area contributed by atoms with Crippen molar-refractivity contribution >= 4 is 23.8 Å². The van der Waals surface area contributed by atoms with Crippen molar-refractivity contribution in [2.24, 2.45) is 0 Å². The summed E-state index contributed by atoms with van der Waals surface area (Å²) in [5, 5.41) is 0. The predicted molar refractivity (Wildman–Crippen MR) is 152 cm³/mol. The average Bonchev–Trinajstić information content (AvgIpc) is 3.40. The molecule has 0 aliphatic carbocycles. The fraction of sp³-hybridized carbons (Fsp3) is 0.500. The molecule has 2 atom stereocenters. The minimum absolute atomic E-state index is 0.0697. The standard InChI is InChI=1S/C30H40N4O6/c1-30(2,3)39-29(36)34(25-16-17-33(22-25)18-20-37-26-9-5-4-6-10-26)24-14-12-23(31-21-24)13-15-27(35)32-40-28-11-7-8-19-38-28/h4-6,9-10,12-15,21,25,28H,7-8,11,16-20,22H2,1-3H3,(H,32,35)/t25-,28?/m1/s1. The Morgan fingerprint density at radius 1 is 1.15 bits per heavy atom. The second kappa shape index (κ2) is 14.2. The number of nitrogens with one attached hydrogen (secondary N) is 1. The van der Waals surface area contributed by atoms with Crippen LogP contribution in [0, 0.1) is 0 Å². The molecule has 2 saturated heterocycles. The van der Waals surface area contributed by atoms with Gasteiger partial charge in [0, 0.05) is 38.7 Å². The van der Waals surface area contributed by atoms with Crippen molar-refractivity contribution in [1.29, 1.82) is 0 Å². The second-order valence-corrected chi connectivity index (χ2v) is 10.9. The van der Waals surface area contributed by atoms with Gasteiger partial charge in [0.15, 0.2) is 6.29 Å². The summed E-state index contributed by atoms with van der Waals surface area (Å²) in [6.07, 6.45) is 7.32. The molecule has 216 valence electrons. The fourth-order valence-electron chi connectivity index (χ4n) is 4.57. The lowest BCUT2D eigenvalue weighted by Gasteiger charge is -2.31. The lowest BCUT2D eigenvalue weighted by Crippen LogP contribution is -2.45. The number of benzene rings is 1. The number of para-hydroxylation sites is 1. The number of hydrogen-bond donors (Lipinski definition) is 1. The number of aromatic nitrogens is 1. The Morgan fingerprint density at radius 2 is 1.98 bits per heavy atom. The third-order valence-corrected chi connectivity index (χ3v) is 6.51. The molecule has 0 saturated carbocycles. The maximum Gasteiger partial charge on any atom is 0.415 e. The van der Waals surface area contributed by atoms with E-state index in [1.165, 1.54) is 6.08 Å². The van der Waals surface area contributed by atoms with Crippen LogP contribution in [0.15, 0.2) is 54.7 Å². The summed E-state index contributed by atoms with van der Waals surface area (Å²) in [5.74, 6) is 0.440. The van der Waals surface area contributed by atoms with Crippen LogP contribution >= 0.6 is 0 Å². The topological polar surface area (TPSA) is 102 Å². The highest BCUT2D eigenvalue weighted by Gasteiger charge is 2.34. The molecule has 0 bridgehead atoms. The van der Waals surface area contributed by atoms with Gasteiger partial charge in [0.25, 0.3) is 5.91 Å². The summed E-state index contributed by atoms with van der Waals surface area (Å²) in [7, 11) is 0. The molecule has 2 aliphatic rings. The second-order valence-electron chi connectivity index (χ2n) is 10.9. The van der Waals surface area contributed by atoms with E-state index in [2.05, 4.69) is 15.4 Å². The zero-order chi connectivity index (χ0) is 28.4. The smallest absolute Gasteiger partial charge is 0.415 e. The number of rotatable bonds is 10. The first kappa shape index (κ1) is 29.5. The van der Waals surface area contributed by atoms with E-state index >= 15 is 0 Å². The maximum absolute atomic E-state index is 13.3. The van der Waals surface area contributed by atoms with E-state index in [9.17, 15) is 9.59 Å². The molecule has 1 aromatic carbocycles. The van der Waals surface area contributed by atoms with Crippen LogP contribution in [0.5, 0.6) is 5.75 Å². The van der Waals surface area contributed by atoms with E-state index < -0.39 is 23.9 Å². The summed E-state index contributed by atoms with van der Waals surface area (Å²) in [4.78, 5) is 39.2. The molecule has 0 spiro atoms. The van der Waals surface area contributed by atoms with Crippen molar-refractivity contribution in [2.75, 3.05) is 37.7 Å². The summed E-state index contributed by atoms with van der Waals surface area (Å²) in [6, 6.07) is 13.3. The molecule has 2 amide bonds. The summed E-state index contributed by atoms with van der Waals surface area (Å²) >= 11 is 0. The van der Waals surface area contributed by atoms with Crippen molar-refractivity contribution in [3.63, 3.8) is 0 Å². The van der Waals surface area contributed by atoms with Gasteiger partial charge in [-0.15, -0.1) is 0 Å². The van der Waals surface area contributed by atoms with Crippen molar-refractivity contribution in [2.45, 2.75) is 64.4 Å². The normalized spacial score (nSPS) is 19.9. The zero-order valence-electron chi connectivity index (χ0n) is 23.6. The first-order valence-corrected chi connectivity index (χ1v) is 13.9. The Labute approximate surface area is 236 Å². The molecule has 0 radical (unpaired) electrons. The quantitative estimate of drug-likeness (QED) is 0.338. The highest BCUT2D eigenvalue weighted by molar-refractivity contribution is 5.91. The van der Waals surface area contributed by atoms with Crippen LogP contribution in [0.3, 0.4) is 0 Å². The molecule has 10 heteroatoms. The maximum atomic E-state index is 13.3. The Hall–Kier alpha value is -3.47. The van der Waals surface area contributed by atoms with E-state index in [0.717, 1.165) is 44.5 Å². The first-order valence-electron chi connectivity index (χ1n) is 13.9. The number of carbonyl (C=O) groups is 2. The minimum atomic E-state index is -0.634. The van der Waals surface area contributed by atoms with Gasteiger partial charge in [0.2, 0.25) is 0 Å². The lowest BCUT2D eigenvalue weighted by atomic mass is 10.2. The summed E-state index contributed by atoms with van der Waals surface area (Å²) in [5.41, 5.74) is 2.97. The van der Waals surface area contributed by atoms with E-state index in [-0.39, 0.29) is 6.04 Å².